The summed E-state index contributed by atoms with van der Waals surface area (Å²) in [4.78, 5) is 17.8. The van der Waals surface area contributed by atoms with Crippen LogP contribution in [0.2, 0.25) is 0 Å². The number of imidazole rings is 1. The Morgan fingerprint density at radius 2 is 1.89 bits per heavy atom. The zero-order valence-electron chi connectivity index (χ0n) is 15.1. The molecule has 7 nitrogen and oxygen atoms in total. The molecule has 1 saturated heterocycles. The fourth-order valence-corrected chi connectivity index (χ4v) is 5.12. The van der Waals surface area contributed by atoms with Gasteiger partial charge in [0, 0.05) is 26.1 Å². The number of halogens is 2. The van der Waals surface area contributed by atoms with Gasteiger partial charge in [0.15, 0.2) is 11.6 Å². The first-order valence-corrected chi connectivity index (χ1v) is 10.6. The van der Waals surface area contributed by atoms with Gasteiger partial charge in [-0.2, -0.15) is 4.31 Å². The van der Waals surface area contributed by atoms with Gasteiger partial charge in [0.2, 0.25) is 15.9 Å². The predicted octanol–water partition coefficient (Wildman–Crippen LogP) is 1.88. The Morgan fingerprint density at radius 3 is 2.61 bits per heavy atom. The van der Waals surface area contributed by atoms with Crippen LogP contribution in [-0.4, -0.2) is 46.2 Å². The lowest BCUT2D eigenvalue weighted by Crippen LogP contribution is -2.32. The van der Waals surface area contributed by atoms with Crippen LogP contribution in [0.1, 0.15) is 30.7 Å². The minimum absolute atomic E-state index is 0.0681. The number of carbonyl (C=O) groups excluding carboxylic acids is 1. The Labute approximate surface area is 161 Å². The highest BCUT2D eigenvalue weighted by Crippen LogP contribution is 2.25. The molecular formula is C18H20F2N4O3S. The maximum atomic E-state index is 13.6. The number of benzene rings is 1. The van der Waals surface area contributed by atoms with Gasteiger partial charge in [-0.05, 0) is 31.0 Å². The van der Waals surface area contributed by atoms with Gasteiger partial charge in [-0.15, -0.1) is 0 Å². The summed E-state index contributed by atoms with van der Waals surface area (Å²) in [5, 5.41) is 0. The molecule has 0 saturated carbocycles. The molecule has 150 valence electrons. The van der Waals surface area contributed by atoms with Crippen molar-refractivity contribution in [1.82, 2.24) is 18.8 Å². The normalized spacial score (nSPS) is 18.4. The van der Waals surface area contributed by atoms with Crippen molar-refractivity contribution in [3.8, 4) is 0 Å². The van der Waals surface area contributed by atoms with E-state index >= 15 is 0 Å². The quantitative estimate of drug-likeness (QED) is 0.771. The number of aryl methyl sites for hydroxylation is 1. The molecule has 1 aromatic heterocycles. The number of amides is 1. The van der Waals surface area contributed by atoms with Gasteiger partial charge in [0.05, 0.1) is 35.7 Å². The number of carbonyl (C=O) groups is 1. The standard InChI is InChI=1S/C18H20F2N4O3S/c19-14-5-4-13(9-15(14)20)28(26,27)24-8-2-7-23-12-21-16(17(23)11-24)10-22-6-1-3-18(22)25/h4-5,9,12H,1-3,6-8,10-11H2. The minimum Gasteiger partial charge on any atom is -0.337 e. The van der Waals surface area contributed by atoms with Crippen molar-refractivity contribution < 1.29 is 22.0 Å². The summed E-state index contributed by atoms with van der Waals surface area (Å²) in [5.41, 5.74) is 1.39. The summed E-state index contributed by atoms with van der Waals surface area (Å²) in [6, 6.07) is 2.59. The SMILES string of the molecule is O=C1CCCN1Cc1ncn2c1CN(S(=O)(=O)c1ccc(F)c(F)c1)CCC2. The second kappa shape index (κ2) is 7.25. The van der Waals surface area contributed by atoms with Crippen molar-refractivity contribution in [3.05, 3.63) is 47.5 Å². The summed E-state index contributed by atoms with van der Waals surface area (Å²) < 4.78 is 55.9. The maximum absolute atomic E-state index is 13.6. The van der Waals surface area contributed by atoms with Crippen LogP contribution < -0.4 is 0 Å². The Bertz CT molecular complexity index is 1020. The van der Waals surface area contributed by atoms with Gasteiger partial charge in [0.1, 0.15) is 0 Å². The van der Waals surface area contributed by atoms with Crippen molar-refractivity contribution in [1.29, 1.82) is 0 Å². The largest absolute Gasteiger partial charge is 0.337 e. The Balaban J connectivity index is 1.62. The van der Waals surface area contributed by atoms with Gasteiger partial charge in [-0.3, -0.25) is 4.79 Å². The third-order valence-electron chi connectivity index (χ3n) is 5.21. The number of hydrogen-bond donors (Lipinski definition) is 0. The first-order valence-electron chi connectivity index (χ1n) is 9.12. The molecule has 10 heteroatoms. The van der Waals surface area contributed by atoms with Crippen molar-refractivity contribution in [2.45, 2.75) is 43.8 Å². The molecular weight excluding hydrogens is 390 g/mol. The van der Waals surface area contributed by atoms with Crippen LogP contribution in [0.15, 0.2) is 29.4 Å². The number of nitrogens with zero attached hydrogens (tertiary/aromatic N) is 4. The molecule has 0 unspecified atom stereocenters. The molecule has 0 bridgehead atoms. The molecule has 0 N–H and O–H groups in total. The van der Waals surface area contributed by atoms with Gasteiger partial charge in [0.25, 0.3) is 0 Å². The molecule has 0 radical (unpaired) electrons. The molecule has 0 aliphatic carbocycles. The molecule has 4 rings (SSSR count). The summed E-state index contributed by atoms with van der Waals surface area (Å²) in [7, 11) is -3.99. The van der Waals surface area contributed by atoms with E-state index < -0.39 is 21.7 Å². The van der Waals surface area contributed by atoms with E-state index in [1.165, 1.54) is 4.31 Å². The topological polar surface area (TPSA) is 75.5 Å². The van der Waals surface area contributed by atoms with Crippen molar-refractivity contribution in [2.75, 3.05) is 13.1 Å². The molecule has 1 aromatic carbocycles. The van der Waals surface area contributed by atoms with E-state index in [0.717, 1.165) is 24.2 Å². The lowest BCUT2D eigenvalue weighted by Gasteiger charge is -2.21. The van der Waals surface area contributed by atoms with E-state index in [-0.39, 0.29) is 23.9 Å². The summed E-state index contributed by atoms with van der Waals surface area (Å²) in [6.45, 7) is 1.94. The van der Waals surface area contributed by atoms with E-state index in [9.17, 15) is 22.0 Å². The average Bonchev–Trinajstić information content (AvgIpc) is 3.16. The van der Waals surface area contributed by atoms with Crippen molar-refractivity contribution >= 4 is 15.9 Å². The van der Waals surface area contributed by atoms with E-state index in [1.807, 2.05) is 4.57 Å². The summed E-state index contributed by atoms with van der Waals surface area (Å²) in [5.74, 6) is -2.22. The fraction of sp³-hybridized carbons (Fsp3) is 0.444. The highest BCUT2D eigenvalue weighted by Gasteiger charge is 2.30. The molecule has 28 heavy (non-hydrogen) atoms. The second-order valence-electron chi connectivity index (χ2n) is 7.02. The van der Waals surface area contributed by atoms with Crippen LogP contribution in [-0.2, 0) is 34.5 Å². The highest BCUT2D eigenvalue weighted by atomic mass is 32.2. The van der Waals surface area contributed by atoms with Gasteiger partial charge < -0.3 is 9.47 Å². The van der Waals surface area contributed by atoms with E-state index in [0.29, 0.717) is 44.2 Å². The van der Waals surface area contributed by atoms with Crippen LogP contribution in [0.5, 0.6) is 0 Å². The van der Waals surface area contributed by atoms with Gasteiger partial charge >= 0.3 is 0 Å². The van der Waals surface area contributed by atoms with Gasteiger partial charge in [-0.1, -0.05) is 0 Å². The van der Waals surface area contributed by atoms with Crippen molar-refractivity contribution in [2.24, 2.45) is 0 Å². The minimum atomic E-state index is -3.99. The fourth-order valence-electron chi connectivity index (χ4n) is 3.66. The molecule has 3 heterocycles. The number of aromatic nitrogens is 2. The number of fused-ring (bicyclic) bond motifs is 1. The summed E-state index contributed by atoms with van der Waals surface area (Å²) >= 11 is 0. The van der Waals surface area contributed by atoms with Crippen LogP contribution >= 0.6 is 0 Å². The number of sulfonamides is 1. The lowest BCUT2D eigenvalue weighted by molar-refractivity contribution is -0.128. The molecule has 2 aliphatic heterocycles. The van der Waals surface area contributed by atoms with E-state index in [1.54, 1.807) is 11.2 Å². The van der Waals surface area contributed by atoms with Crippen molar-refractivity contribution in [3.63, 3.8) is 0 Å². The molecule has 0 spiro atoms. The first-order chi connectivity index (χ1) is 13.4. The van der Waals surface area contributed by atoms with E-state index in [2.05, 4.69) is 4.98 Å². The Hall–Kier alpha value is -2.33. The lowest BCUT2D eigenvalue weighted by atomic mass is 10.3. The predicted molar refractivity (Wildman–Crippen MR) is 95.4 cm³/mol. The molecule has 2 aliphatic rings. The number of hydrogen-bond acceptors (Lipinski definition) is 4. The maximum Gasteiger partial charge on any atom is 0.243 e. The van der Waals surface area contributed by atoms with Crippen LogP contribution in [0.3, 0.4) is 0 Å². The zero-order valence-corrected chi connectivity index (χ0v) is 16.0. The highest BCUT2D eigenvalue weighted by molar-refractivity contribution is 7.89. The third kappa shape index (κ3) is 3.42. The molecule has 1 fully saturated rings. The Kier molecular flexibility index (Phi) is 4.92. The van der Waals surface area contributed by atoms with Gasteiger partial charge in [-0.25, -0.2) is 22.2 Å². The summed E-state index contributed by atoms with van der Waals surface area (Å²) in [6.07, 6.45) is 3.56. The number of likely N-dealkylation sites (tertiary alicyclic amines) is 1. The van der Waals surface area contributed by atoms with Crippen LogP contribution in [0.25, 0.3) is 0 Å². The first kappa shape index (κ1) is 19.0. The van der Waals surface area contributed by atoms with Crippen LogP contribution in [0.4, 0.5) is 8.78 Å². The van der Waals surface area contributed by atoms with Crippen LogP contribution in [0, 0.1) is 11.6 Å². The second-order valence-corrected chi connectivity index (χ2v) is 8.96. The van der Waals surface area contributed by atoms with E-state index in [4.69, 9.17) is 0 Å². The molecule has 2 aromatic rings. The zero-order chi connectivity index (χ0) is 19.9. The average molecular weight is 410 g/mol. The molecule has 0 atom stereocenters. The Morgan fingerprint density at radius 1 is 1.07 bits per heavy atom. The third-order valence-corrected chi connectivity index (χ3v) is 7.05. The smallest absolute Gasteiger partial charge is 0.243 e. The number of rotatable bonds is 4. The monoisotopic (exact) mass is 410 g/mol. The molecule has 1 amide bonds.